The molecule has 0 aliphatic carbocycles. The zero-order valence-corrected chi connectivity index (χ0v) is 15.9. The molecule has 0 aliphatic heterocycles. The molecule has 0 bridgehead atoms. The second kappa shape index (κ2) is 8.21. The number of nitrogens with zero attached hydrogens (tertiary/aromatic N) is 2. The lowest BCUT2D eigenvalue weighted by atomic mass is 10.1. The van der Waals surface area contributed by atoms with E-state index in [-0.39, 0.29) is 11.7 Å². The Morgan fingerprint density at radius 1 is 1.23 bits per heavy atom. The number of Topliss-reactive ketones (excluding diaryl/α,β-unsaturated/α-hetero) is 1. The van der Waals surface area contributed by atoms with Gasteiger partial charge in [-0.2, -0.15) is 0 Å². The first kappa shape index (κ1) is 18.2. The maximum atomic E-state index is 11.5. The first-order chi connectivity index (χ1) is 12.5. The van der Waals surface area contributed by atoms with Gasteiger partial charge in [-0.15, -0.1) is 0 Å². The van der Waals surface area contributed by atoms with Crippen LogP contribution in [0.2, 0.25) is 0 Å². The lowest BCUT2D eigenvalue weighted by molar-refractivity contribution is 0.101. The predicted molar refractivity (Wildman–Crippen MR) is 109 cm³/mol. The number of hydrogen-bond donors (Lipinski definition) is 1. The second-order valence-corrected chi connectivity index (χ2v) is 7.48. The first-order valence-corrected chi connectivity index (χ1v) is 9.38. The van der Waals surface area contributed by atoms with Gasteiger partial charge in [-0.3, -0.25) is 14.4 Å². The number of ketones is 1. The number of carbonyl (C=O) groups excluding carboxylic acids is 1. The molecule has 0 spiro atoms. The lowest BCUT2D eigenvalue weighted by Crippen LogP contribution is -2.00. The van der Waals surface area contributed by atoms with E-state index in [0.29, 0.717) is 26.6 Å². The number of aliphatic imine (C=N–C) groups is 1. The molecular weight excluding hydrogens is 364 g/mol. The fraction of sp³-hybridized carbons (Fsp3) is 0.150. The fourth-order valence-electron chi connectivity index (χ4n) is 2.52. The molecule has 0 aliphatic rings. The van der Waals surface area contributed by atoms with Crippen molar-refractivity contribution in [3.63, 3.8) is 0 Å². The summed E-state index contributed by atoms with van der Waals surface area (Å²) in [6.45, 7) is 2.13. The third kappa shape index (κ3) is 4.33. The number of thiazole rings is 1. The van der Waals surface area contributed by atoms with Gasteiger partial charge in [0.15, 0.2) is 9.74 Å². The average molecular weight is 383 g/mol. The molecule has 0 unspecified atom stereocenters. The number of aromatic hydroxyl groups is 1. The van der Waals surface area contributed by atoms with E-state index < -0.39 is 0 Å². The minimum atomic E-state index is -0.00683. The van der Waals surface area contributed by atoms with E-state index in [4.69, 9.17) is 12.2 Å². The van der Waals surface area contributed by atoms with Crippen molar-refractivity contribution < 1.29 is 9.90 Å². The highest BCUT2D eigenvalue weighted by atomic mass is 32.1. The van der Waals surface area contributed by atoms with Crippen molar-refractivity contribution in [1.29, 1.82) is 0 Å². The van der Waals surface area contributed by atoms with Crippen molar-refractivity contribution in [2.75, 3.05) is 0 Å². The van der Waals surface area contributed by atoms with E-state index in [2.05, 4.69) is 17.1 Å². The monoisotopic (exact) mass is 382 g/mol. The maximum absolute atomic E-state index is 11.5. The summed E-state index contributed by atoms with van der Waals surface area (Å²) in [4.78, 5) is 16.4. The molecule has 0 radical (unpaired) electrons. The highest BCUT2D eigenvalue weighted by Gasteiger charge is 2.10. The zero-order valence-electron chi connectivity index (χ0n) is 14.3. The molecule has 2 aromatic carbocycles. The molecule has 3 aromatic rings. The summed E-state index contributed by atoms with van der Waals surface area (Å²) in [5.74, 6) is 0.120. The molecule has 0 fully saturated rings. The van der Waals surface area contributed by atoms with E-state index in [1.54, 1.807) is 29.0 Å². The minimum absolute atomic E-state index is 0.00683. The molecule has 3 rings (SSSR count). The molecule has 4 nitrogen and oxygen atoms in total. The zero-order chi connectivity index (χ0) is 18.5. The van der Waals surface area contributed by atoms with Crippen LogP contribution in [0.15, 0.2) is 59.6 Å². The summed E-state index contributed by atoms with van der Waals surface area (Å²) >= 11 is 6.69. The third-order valence-electron chi connectivity index (χ3n) is 3.94. The molecule has 0 saturated carbocycles. The molecule has 26 heavy (non-hydrogen) atoms. The maximum Gasteiger partial charge on any atom is 0.212 e. The minimum Gasteiger partial charge on any atom is -0.493 e. The molecule has 0 atom stereocenters. The number of aryl methyl sites for hydroxylation is 1. The van der Waals surface area contributed by atoms with Crippen LogP contribution in [0.25, 0.3) is 0 Å². The van der Waals surface area contributed by atoms with Crippen LogP contribution in [0.1, 0.15) is 27.7 Å². The Bertz CT molecular complexity index is 1000. The largest absolute Gasteiger partial charge is 0.493 e. The Balaban J connectivity index is 1.78. The molecule has 1 N–H and O–H groups in total. The van der Waals surface area contributed by atoms with Gasteiger partial charge < -0.3 is 5.11 Å². The summed E-state index contributed by atoms with van der Waals surface area (Å²) in [7, 11) is 0. The van der Waals surface area contributed by atoms with Crippen molar-refractivity contribution in [1.82, 2.24) is 4.57 Å². The van der Waals surface area contributed by atoms with E-state index in [1.165, 1.54) is 23.8 Å². The summed E-state index contributed by atoms with van der Waals surface area (Å²) in [5, 5.41) is 10.5. The van der Waals surface area contributed by atoms with Gasteiger partial charge >= 0.3 is 0 Å². The van der Waals surface area contributed by atoms with Gasteiger partial charge in [-0.25, -0.2) is 0 Å². The molecule has 1 heterocycles. The highest BCUT2D eigenvalue weighted by Crippen LogP contribution is 2.26. The van der Waals surface area contributed by atoms with Crippen molar-refractivity contribution >= 4 is 41.2 Å². The Kier molecular flexibility index (Phi) is 5.75. The Labute approximate surface area is 161 Å². The number of carbonyl (C=O) groups is 1. The molecule has 0 amide bonds. The molecule has 1 aromatic heterocycles. The number of aromatic nitrogens is 1. The Hall–Kier alpha value is -2.57. The van der Waals surface area contributed by atoms with Gasteiger partial charge in [0.25, 0.3) is 0 Å². The smallest absolute Gasteiger partial charge is 0.212 e. The van der Waals surface area contributed by atoms with Crippen molar-refractivity contribution in [3.05, 3.63) is 74.6 Å². The lowest BCUT2D eigenvalue weighted by Gasteiger charge is -2.04. The van der Waals surface area contributed by atoms with E-state index in [1.807, 2.05) is 24.3 Å². The average Bonchev–Trinajstić information content (AvgIpc) is 2.92. The number of benzene rings is 2. The van der Waals surface area contributed by atoms with Crippen molar-refractivity contribution in [2.24, 2.45) is 4.99 Å². The van der Waals surface area contributed by atoms with Crippen LogP contribution >= 0.6 is 23.6 Å². The van der Waals surface area contributed by atoms with E-state index in [9.17, 15) is 9.90 Å². The molecular formula is C20H18N2O2S2. The summed E-state index contributed by atoms with van der Waals surface area (Å²) in [6.07, 6.45) is 2.38. The standard InChI is InChI=1S/C20H18N2O2S2/c1-14(23)16-8-5-9-17(12-16)21-13-18-19(24)22(20(25)26-18)11-10-15-6-3-2-4-7-15/h2-9,12-13,24H,10-11H2,1H3. The van der Waals surface area contributed by atoms with Gasteiger partial charge in [0.1, 0.15) is 4.88 Å². The van der Waals surface area contributed by atoms with E-state index in [0.717, 1.165) is 6.42 Å². The van der Waals surface area contributed by atoms with Crippen molar-refractivity contribution in [3.8, 4) is 5.88 Å². The van der Waals surface area contributed by atoms with Gasteiger partial charge in [-0.1, -0.05) is 53.8 Å². The van der Waals surface area contributed by atoms with E-state index >= 15 is 0 Å². The molecule has 0 saturated heterocycles. The van der Waals surface area contributed by atoms with Crippen LogP contribution < -0.4 is 0 Å². The van der Waals surface area contributed by atoms with Crippen LogP contribution in [0.4, 0.5) is 5.69 Å². The Morgan fingerprint density at radius 2 is 2.00 bits per heavy atom. The fourth-order valence-corrected chi connectivity index (χ4v) is 3.75. The van der Waals surface area contributed by atoms with Gasteiger partial charge in [-0.05, 0) is 43.3 Å². The summed E-state index contributed by atoms with van der Waals surface area (Å²) < 4.78 is 2.33. The van der Waals surface area contributed by atoms with Crippen molar-refractivity contribution in [2.45, 2.75) is 19.9 Å². The van der Waals surface area contributed by atoms with Crippen LogP contribution in [-0.2, 0) is 13.0 Å². The number of rotatable bonds is 6. The quantitative estimate of drug-likeness (QED) is 0.363. The topological polar surface area (TPSA) is 54.6 Å². The normalized spacial score (nSPS) is 11.1. The van der Waals surface area contributed by atoms with Crippen LogP contribution in [0.5, 0.6) is 5.88 Å². The summed E-state index contributed by atoms with van der Waals surface area (Å²) in [6, 6.07) is 17.2. The Morgan fingerprint density at radius 3 is 2.73 bits per heavy atom. The van der Waals surface area contributed by atoms with Crippen LogP contribution in [0, 0.1) is 3.95 Å². The third-order valence-corrected chi connectivity index (χ3v) is 5.32. The highest BCUT2D eigenvalue weighted by molar-refractivity contribution is 7.73. The molecule has 132 valence electrons. The van der Waals surface area contributed by atoms with Crippen LogP contribution in [-0.4, -0.2) is 21.7 Å². The summed E-state index contributed by atoms with van der Waals surface area (Å²) in [5.41, 5.74) is 2.46. The predicted octanol–water partition coefficient (Wildman–Crippen LogP) is 5.18. The van der Waals surface area contributed by atoms with Gasteiger partial charge in [0.2, 0.25) is 5.88 Å². The van der Waals surface area contributed by atoms with Gasteiger partial charge in [0, 0.05) is 12.1 Å². The number of hydrogen-bond acceptors (Lipinski definition) is 5. The van der Waals surface area contributed by atoms with Crippen LogP contribution in [0.3, 0.4) is 0 Å². The SMILES string of the molecule is CC(=O)c1cccc(N=Cc2sc(=S)n(CCc3ccccc3)c2O)c1. The molecule has 6 heteroatoms. The van der Waals surface area contributed by atoms with Gasteiger partial charge in [0.05, 0.1) is 11.9 Å². The second-order valence-electron chi connectivity index (χ2n) is 5.81. The first-order valence-electron chi connectivity index (χ1n) is 8.16.